The molecule has 0 bridgehead atoms. The van der Waals surface area contributed by atoms with E-state index in [-0.39, 0.29) is 6.03 Å². The van der Waals surface area contributed by atoms with Crippen LogP contribution in [0, 0.1) is 0 Å². The van der Waals surface area contributed by atoms with Gasteiger partial charge in [-0.25, -0.2) is 4.79 Å². The molecule has 134 valence electrons. The van der Waals surface area contributed by atoms with Gasteiger partial charge in [0.1, 0.15) is 17.2 Å². The number of urea groups is 1. The van der Waals surface area contributed by atoms with Crippen LogP contribution in [0.4, 0.5) is 10.5 Å². The number of methoxy groups -OCH3 is 2. The Labute approximate surface area is 147 Å². The van der Waals surface area contributed by atoms with Gasteiger partial charge >= 0.3 is 6.03 Å². The monoisotopic (exact) mass is 344 g/mol. The van der Waals surface area contributed by atoms with E-state index < -0.39 is 0 Å². The highest BCUT2D eigenvalue weighted by molar-refractivity contribution is 5.95. The molecule has 1 aromatic carbocycles. The fourth-order valence-corrected chi connectivity index (χ4v) is 2.73. The lowest BCUT2D eigenvalue weighted by molar-refractivity contribution is 0.252. The molecule has 0 aliphatic heterocycles. The van der Waals surface area contributed by atoms with Crippen molar-refractivity contribution in [2.75, 3.05) is 26.1 Å². The zero-order valence-electron chi connectivity index (χ0n) is 14.8. The fourth-order valence-electron chi connectivity index (χ4n) is 2.73. The number of carbonyl (C=O) groups excluding carboxylic acids is 1. The molecule has 3 N–H and O–H groups in total. The van der Waals surface area contributed by atoms with Gasteiger partial charge in [-0.2, -0.15) is 5.10 Å². The maximum absolute atomic E-state index is 12.2. The molecule has 1 aromatic heterocycles. The first kappa shape index (κ1) is 17.1. The van der Waals surface area contributed by atoms with Gasteiger partial charge in [-0.15, -0.1) is 0 Å². The lowest BCUT2D eigenvalue weighted by Gasteiger charge is -2.12. The Kier molecular flexibility index (Phi) is 5.11. The van der Waals surface area contributed by atoms with Gasteiger partial charge in [-0.1, -0.05) is 6.92 Å². The van der Waals surface area contributed by atoms with E-state index in [1.807, 2.05) is 25.1 Å². The summed E-state index contributed by atoms with van der Waals surface area (Å²) >= 11 is 0. The molecule has 25 heavy (non-hydrogen) atoms. The fraction of sp³-hybridized carbons (Fsp3) is 0.444. The van der Waals surface area contributed by atoms with E-state index in [9.17, 15) is 4.79 Å². The number of nitrogens with zero attached hydrogens (tertiary/aromatic N) is 1. The summed E-state index contributed by atoms with van der Waals surface area (Å²) in [5, 5.41) is 13.4. The van der Waals surface area contributed by atoms with E-state index in [0.29, 0.717) is 29.7 Å². The van der Waals surface area contributed by atoms with E-state index in [2.05, 4.69) is 20.8 Å². The molecular formula is C18H24N4O3. The van der Waals surface area contributed by atoms with Crippen molar-refractivity contribution in [2.45, 2.75) is 32.1 Å². The predicted molar refractivity (Wildman–Crippen MR) is 96.4 cm³/mol. The van der Waals surface area contributed by atoms with Crippen molar-refractivity contribution in [3.05, 3.63) is 23.9 Å². The summed E-state index contributed by atoms with van der Waals surface area (Å²) in [4.78, 5) is 12.2. The third-order valence-corrected chi connectivity index (χ3v) is 4.22. The smallest absolute Gasteiger partial charge is 0.319 e. The molecule has 2 aromatic rings. The van der Waals surface area contributed by atoms with Crippen molar-refractivity contribution < 1.29 is 14.3 Å². The van der Waals surface area contributed by atoms with E-state index in [4.69, 9.17) is 9.47 Å². The zero-order chi connectivity index (χ0) is 17.8. The molecule has 1 saturated carbocycles. The van der Waals surface area contributed by atoms with E-state index in [1.165, 1.54) is 0 Å². The molecular weight excluding hydrogens is 320 g/mol. The molecule has 0 spiro atoms. The molecule has 3 rings (SSSR count). The van der Waals surface area contributed by atoms with Crippen molar-refractivity contribution in [3.63, 3.8) is 0 Å². The normalized spacial score (nSPS) is 13.4. The molecule has 0 saturated heterocycles. The van der Waals surface area contributed by atoms with Gasteiger partial charge < -0.3 is 20.1 Å². The number of benzene rings is 1. The van der Waals surface area contributed by atoms with Gasteiger partial charge in [0.2, 0.25) is 0 Å². The lowest BCUT2D eigenvalue weighted by atomic mass is 10.1. The summed E-state index contributed by atoms with van der Waals surface area (Å²) in [5.74, 6) is 1.77. The summed E-state index contributed by atoms with van der Waals surface area (Å²) in [5.41, 5.74) is 3.17. The van der Waals surface area contributed by atoms with Crippen LogP contribution in [0.5, 0.6) is 11.5 Å². The van der Waals surface area contributed by atoms with Gasteiger partial charge in [-0.3, -0.25) is 5.10 Å². The number of hydrogen-bond acceptors (Lipinski definition) is 4. The Morgan fingerprint density at radius 2 is 2.12 bits per heavy atom. The van der Waals surface area contributed by atoms with Crippen molar-refractivity contribution >= 4 is 11.7 Å². The maximum atomic E-state index is 12.2. The van der Waals surface area contributed by atoms with Crippen LogP contribution < -0.4 is 20.1 Å². The Hall–Kier alpha value is -2.70. The second-order valence-corrected chi connectivity index (χ2v) is 6.08. The Bertz CT molecular complexity index is 753. The number of aromatic nitrogens is 2. The molecule has 2 amide bonds. The highest BCUT2D eigenvalue weighted by Gasteiger charge is 2.31. The van der Waals surface area contributed by atoms with Crippen molar-refractivity contribution in [3.8, 4) is 22.8 Å². The number of nitrogens with one attached hydrogen (secondary N) is 3. The van der Waals surface area contributed by atoms with Crippen molar-refractivity contribution in [1.29, 1.82) is 0 Å². The largest absolute Gasteiger partial charge is 0.497 e. The summed E-state index contributed by atoms with van der Waals surface area (Å²) in [6, 6.07) is 5.32. The van der Waals surface area contributed by atoms with Crippen LogP contribution in [-0.4, -0.2) is 37.0 Å². The molecule has 1 heterocycles. The predicted octanol–water partition coefficient (Wildman–Crippen LogP) is 3.50. The van der Waals surface area contributed by atoms with Crippen molar-refractivity contribution in [2.24, 2.45) is 0 Å². The highest BCUT2D eigenvalue weighted by Crippen LogP contribution is 2.46. The number of hydrogen-bond donors (Lipinski definition) is 3. The number of anilines is 1. The first-order valence-corrected chi connectivity index (χ1v) is 8.53. The quantitative estimate of drug-likeness (QED) is 0.717. The first-order valence-electron chi connectivity index (χ1n) is 8.53. The van der Waals surface area contributed by atoms with Gasteiger partial charge in [0, 0.05) is 24.1 Å². The minimum Gasteiger partial charge on any atom is -0.497 e. The van der Waals surface area contributed by atoms with Crippen LogP contribution in [0.25, 0.3) is 11.3 Å². The van der Waals surface area contributed by atoms with Gasteiger partial charge in [-0.05, 0) is 31.4 Å². The minimum absolute atomic E-state index is 0.223. The van der Waals surface area contributed by atoms with Crippen LogP contribution >= 0.6 is 0 Å². The SMILES string of the molecule is CCCNC(=O)Nc1c(-c2ccc(OC)cc2OC)n[nH]c1C1CC1. The van der Waals surface area contributed by atoms with Crippen molar-refractivity contribution in [1.82, 2.24) is 15.5 Å². The second-order valence-electron chi connectivity index (χ2n) is 6.08. The Morgan fingerprint density at radius 1 is 1.32 bits per heavy atom. The maximum Gasteiger partial charge on any atom is 0.319 e. The van der Waals surface area contributed by atoms with Crippen LogP contribution in [0.3, 0.4) is 0 Å². The van der Waals surface area contributed by atoms with Gasteiger partial charge in [0.25, 0.3) is 0 Å². The molecule has 0 atom stereocenters. The summed E-state index contributed by atoms with van der Waals surface area (Å²) in [7, 11) is 3.22. The number of ether oxygens (including phenoxy) is 2. The summed E-state index contributed by atoms with van der Waals surface area (Å²) in [6.45, 7) is 2.64. The van der Waals surface area contributed by atoms with E-state index in [0.717, 1.165) is 36.2 Å². The lowest BCUT2D eigenvalue weighted by Crippen LogP contribution is -2.29. The van der Waals surface area contributed by atoms with E-state index >= 15 is 0 Å². The van der Waals surface area contributed by atoms with E-state index in [1.54, 1.807) is 14.2 Å². The molecule has 7 heteroatoms. The number of carbonyl (C=O) groups is 1. The number of aromatic amines is 1. The van der Waals surface area contributed by atoms with Crippen LogP contribution in [0.15, 0.2) is 18.2 Å². The minimum atomic E-state index is -0.223. The zero-order valence-corrected chi connectivity index (χ0v) is 14.8. The topological polar surface area (TPSA) is 88.3 Å². The molecule has 0 unspecified atom stereocenters. The van der Waals surface area contributed by atoms with Crippen LogP contribution in [0.2, 0.25) is 0 Å². The third kappa shape index (κ3) is 3.70. The third-order valence-electron chi connectivity index (χ3n) is 4.22. The molecule has 1 aliphatic carbocycles. The molecule has 7 nitrogen and oxygen atoms in total. The first-order chi connectivity index (χ1) is 12.2. The number of rotatable bonds is 7. The van der Waals surface area contributed by atoms with Crippen LogP contribution in [0.1, 0.15) is 37.8 Å². The van der Waals surface area contributed by atoms with Gasteiger partial charge in [0.15, 0.2) is 0 Å². The summed E-state index contributed by atoms with van der Waals surface area (Å²) in [6.07, 6.45) is 3.09. The van der Waals surface area contributed by atoms with Crippen LogP contribution in [-0.2, 0) is 0 Å². The molecule has 1 fully saturated rings. The Balaban J connectivity index is 1.97. The average Bonchev–Trinajstić information content (AvgIpc) is 3.40. The highest BCUT2D eigenvalue weighted by atomic mass is 16.5. The van der Waals surface area contributed by atoms with Gasteiger partial charge in [0.05, 0.1) is 25.6 Å². The molecule has 1 aliphatic rings. The number of H-pyrrole nitrogens is 1. The Morgan fingerprint density at radius 3 is 2.76 bits per heavy atom. The summed E-state index contributed by atoms with van der Waals surface area (Å²) < 4.78 is 10.7. The standard InChI is InChI=1S/C18H24N4O3/c1-4-9-19-18(23)20-17-15(11-5-6-11)21-22-16(17)13-8-7-12(24-2)10-14(13)25-3/h7-8,10-11H,4-6,9H2,1-3H3,(H,21,22)(H2,19,20,23). The number of amides is 2. The average molecular weight is 344 g/mol. The molecule has 0 radical (unpaired) electrons. The second kappa shape index (κ2) is 7.46.